The molecule has 84 heavy (non-hydrogen) atoms. The molecule has 7 nitrogen and oxygen atoms in total. The Morgan fingerprint density at radius 2 is 0.845 bits per heavy atom. The maximum absolute atomic E-state index is 13.0. The van der Waals surface area contributed by atoms with Crippen molar-refractivity contribution in [2.45, 2.75) is 52.4 Å². The van der Waals surface area contributed by atoms with E-state index in [1.165, 1.54) is 21.2 Å². The summed E-state index contributed by atoms with van der Waals surface area (Å²) in [6, 6.07) is 76.8. The Hall–Kier alpha value is -10.4. The lowest BCUT2D eigenvalue weighted by atomic mass is 9.86. The van der Waals surface area contributed by atoms with Crippen LogP contribution in [-0.2, 0) is 10.8 Å². The van der Waals surface area contributed by atoms with Gasteiger partial charge >= 0.3 is 0 Å². The number of benzene rings is 11. The summed E-state index contributed by atoms with van der Waals surface area (Å²) in [4.78, 5) is 4.93. The molecule has 0 atom stereocenters. The molecule has 0 aliphatic carbocycles. The molecule has 0 unspecified atom stereocenters. The molecule has 6 heterocycles. The maximum atomic E-state index is 13.0. The zero-order chi connectivity index (χ0) is 56.7. The average Bonchev–Trinajstić information content (AvgIpc) is 1.62. The van der Waals surface area contributed by atoms with Gasteiger partial charge in [0.25, 0.3) is 0 Å². The first kappa shape index (κ1) is 48.3. The number of para-hydroxylation sites is 5. The number of fused-ring (bicyclic) bond motifs is 20. The highest BCUT2D eigenvalue weighted by molar-refractivity contribution is 7.26. The first-order chi connectivity index (χ1) is 40.9. The summed E-state index contributed by atoms with van der Waals surface area (Å²) in [6.45, 7) is 23.7. The number of hydrogen-bond acceptors (Lipinski definition) is 3. The second-order valence-corrected chi connectivity index (χ2v) is 25.6. The van der Waals surface area contributed by atoms with Crippen LogP contribution in [-0.4, -0.2) is 18.3 Å². The van der Waals surface area contributed by atoms with Gasteiger partial charge in [0.05, 0.1) is 83.7 Å². The fourth-order valence-corrected chi connectivity index (χ4v) is 15.3. The minimum Gasteiger partial charge on any atom is -0.454 e. The van der Waals surface area contributed by atoms with Gasteiger partial charge in [0, 0.05) is 69.3 Å². The van der Waals surface area contributed by atoms with Crippen molar-refractivity contribution in [1.82, 2.24) is 18.3 Å². The van der Waals surface area contributed by atoms with Crippen LogP contribution in [0, 0.1) is 17.9 Å². The van der Waals surface area contributed by atoms with Crippen LogP contribution in [0.5, 0.6) is 0 Å². The molecule has 17 aromatic rings. The summed E-state index contributed by atoms with van der Waals surface area (Å²) >= 11 is 1.77. The van der Waals surface area contributed by atoms with Crippen molar-refractivity contribution >= 4 is 146 Å². The summed E-state index contributed by atoms with van der Waals surface area (Å²) in [5.74, 6) is 0. The largest absolute Gasteiger partial charge is 0.454 e. The van der Waals surface area contributed by atoms with Crippen molar-refractivity contribution < 1.29 is 4.42 Å². The lowest BCUT2D eigenvalue weighted by Crippen LogP contribution is -2.15. The molecule has 0 spiro atoms. The van der Waals surface area contributed by atoms with Crippen LogP contribution in [0.25, 0.3) is 157 Å². The van der Waals surface area contributed by atoms with Gasteiger partial charge in [0.15, 0.2) is 5.58 Å². The van der Waals surface area contributed by atoms with E-state index in [-0.39, 0.29) is 10.8 Å². The second kappa shape index (κ2) is 17.1. The number of furan rings is 1. The first-order valence-electron chi connectivity index (χ1n) is 28.7. The number of nitrogens with zero attached hydrogens (tertiary/aromatic N) is 6. The molecule has 0 aliphatic rings. The smallest absolute Gasteiger partial charge is 0.237 e. The Bertz CT molecular complexity index is 5600. The Labute approximate surface area is 487 Å². The van der Waals surface area contributed by atoms with Gasteiger partial charge in [-0.1, -0.05) is 181 Å². The second-order valence-electron chi connectivity index (χ2n) is 24.6. The lowest BCUT2D eigenvalue weighted by molar-refractivity contribution is 0.591. The molecule has 0 fully saturated rings. The van der Waals surface area contributed by atoms with Crippen LogP contribution < -0.4 is 0 Å². The van der Waals surface area contributed by atoms with Crippen LogP contribution in [0.4, 0.5) is 5.69 Å². The highest BCUT2D eigenvalue weighted by atomic mass is 32.1. The van der Waals surface area contributed by atoms with Crippen LogP contribution in [0.2, 0.25) is 0 Å². The van der Waals surface area contributed by atoms with E-state index in [9.17, 15) is 11.8 Å². The number of nitriles is 1. The van der Waals surface area contributed by atoms with E-state index in [1.807, 2.05) is 12.1 Å². The third kappa shape index (κ3) is 6.43. The Kier molecular flexibility index (Phi) is 9.84. The minimum atomic E-state index is -0.184. The molecule has 0 amide bonds. The van der Waals surface area contributed by atoms with Gasteiger partial charge in [0.2, 0.25) is 5.69 Å². The highest BCUT2D eigenvalue weighted by Crippen LogP contribution is 2.54. The first-order valence-corrected chi connectivity index (χ1v) is 29.5. The molecule has 398 valence electrons. The zero-order valence-electron chi connectivity index (χ0n) is 47.1. The van der Waals surface area contributed by atoms with Gasteiger partial charge in [-0.2, -0.15) is 5.26 Å². The predicted octanol–water partition coefficient (Wildman–Crippen LogP) is 21.4. The molecule has 0 radical (unpaired) electrons. The van der Waals surface area contributed by atoms with E-state index >= 15 is 0 Å². The topological polar surface area (TPSA) is 61.0 Å². The summed E-state index contributed by atoms with van der Waals surface area (Å²) in [7, 11) is 0. The van der Waals surface area contributed by atoms with E-state index in [0.717, 1.165) is 119 Å². The van der Waals surface area contributed by atoms with Gasteiger partial charge in [-0.15, -0.1) is 11.3 Å². The van der Waals surface area contributed by atoms with Crippen molar-refractivity contribution in [2.75, 3.05) is 0 Å². The molecular weight excluding hydrogens is 1040 g/mol. The summed E-state index contributed by atoms with van der Waals surface area (Å²) in [5.41, 5.74) is 14.1. The van der Waals surface area contributed by atoms with E-state index < -0.39 is 0 Å². The third-order valence-electron chi connectivity index (χ3n) is 17.9. The van der Waals surface area contributed by atoms with Crippen LogP contribution in [0.1, 0.15) is 58.2 Å². The van der Waals surface area contributed by atoms with Crippen LogP contribution in [0.3, 0.4) is 0 Å². The quantitative estimate of drug-likeness (QED) is 0.165. The van der Waals surface area contributed by atoms with E-state index in [4.69, 9.17) is 9.26 Å². The highest BCUT2D eigenvalue weighted by Gasteiger charge is 2.36. The van der Waals surface area contributed by atoms with Crippen molar-refractivity contribution in [3.05, 3.63) is 234 Å². The molecule has 0 saturated carbocycles. The average molecular weight is 1100 g/mol. The molecular formula is C76H52N6OS. The third-order valence-corrected chi connectivity index (χ3v) is 19.1. The normalized spacial score (nSPS) is 12.6. The van der Waals surface area contributed by atoms with E-state index in [1.54, 1.807) is 11.3 Å². The Balaban J connectivity index is 1.21. The van der Waals surface area contributed by atoms with Gasteiger partial charge in [0.1, 0.15) is 11.7 Å². The van der Waals surface area contributed by atoms with Gasteiger partial charge in [-0.25, -0.2) is 4.85 Å². The zero-order valence-corrected chi connectivity index (χ0v) is 47.9. The number of rotatable bonds is 4. The summed E-state index contributed by atoms with van der Waals surface area (Å²) < 4.78 is 18.8. The Morgan fingerprint density at radius 3 is 1.38 bits per heavy atom. The Morgan fingerprint density at radius 1 is 0.405 bits per heavy atom. The molecule has 8 heteroatoms. The van der Waals surface area contributed by atoms with Gasteiger partial charge in [-0.05, 0) is 88.7 Å². The maximum Gasteiger partial charge on any atom is 0.237 e. The van der Waals surface area contributed by atoms with Gasteiger partial charge < -0.3 is 22.7 Å². The number of thiophene rings is 1. The monoisotopic (exact) mass is 1100 g/mol. The SMILES string of the molecule is [C-]#[N+]c1c(-n2c3ccccc3c3ccccc32)c(-n2c3ccc(C(C)(C)C)cc3c3ccc4c5ccccc5oc4c32)c(-n2c3ccccc3c3ccccc32)c(C#N)c1-n1c2ccc(C(C)(C)C)cc2c2ccc3c4ccccc4sc3c21. The predicted molar refractivity (Wildman–Crippen MR) is 352 cm³/mol. The van der Waals surface area contributed by atoms with Crippen LogP contribution in [0.15, 0.2) is 211 Å². The summed E-state index contributed by atoms with van der Waals surface area (Å²) in [5, 5.41) is 25.6. The van der Waals surface area contributed by atoms with Crippen molar-refractivity contribution in [3.8, 4) is 28.8 Å². The molecule has 17 rings (SSSR count). The fraction of sp³-hybridized carbons (Fsp3) is 0.105. The minimum absolute atomic E-state index is 0.167. The lowest BCUT2D eigenvalue weighted by Gasteiger charge is -2.27. The van der Waals surface area contributed by atoms with Crippen molar-refractivity contribution in [3.63, 3.8) is 0 Å². The molecule has 0 saturated heterocycles. The van der Waals surface area contributed by atoms with Crippen LogP contribution >= 0.6 is 11.3 Å². The van der Waals surface area contributed by atoms with E-state index in [2.05, 4.69) is 260 Å². The van der Waals surface area contributed by atoms with Crippen molar-refractivity contribution in [1.29, 1.82) is 5.26 Å². The van der Waals surface area contributed by atoms with E-state index in [0.29, 0.717) is 34.0 Å². The van der Waals surface area contributed by atoms with Crippen molar-refractivity contribution in [2.24, 2.45) is 0 Å². The fourth-order valence-electron chi connectivity index (χ4n) is 14.0. The van der Waals surface area contributed by atoms with Gasteiger partial charge in [-0.3, -0.25) is 0 Å². The number of hydrogen-bond donors (Lipinski definition) is 0. The molecule has 0 bridgehead atoms. The number of aromatic nitrogens is 4. The molecule has 11 aromatic carbocycles. The molecule has 6 aromatic heterocycles. The molecule has 0 aliphatic heterocycles. The molecule has 0 N–H and O–H groups in total. The standard InChI is InChI=1S/C76H52N6OS/c1-75(2,3)43-33-39-63-55(40-43)51-34-36-53-49-24-12-18-30-64(49)83-73(53)69(51)82(63)72-68(79-58-26-14-8-20-45(58)46-21-9-15-27-59(46)79)57(42-77)67(66(78-7)71(72)80-60-28-16-10-22-47(60)48-23-11-17-29-61(48)80)81-62-38-32-44(76(4,5)6)41-56(62)52-35-37-54-50-25-13-19-31-65(50)84-74(54)70(52)81/h8-41H,1-6H3. The summed E-state index contributed by atoms with van der Waals surface area (Å²) in [6.07, 6.45) is 0.